The molecular formula is C24H32IN5O. The van der Waals surface area contributed by atoms with Crippen LogP contribution in [-0.2, 0) is 13.1 Å². The Balaban J connectivity index is 0.00000272. The number of hydrogen-bond acceptors (Lipinski definition) is 4. The topological polar surface area (TPSA) is 65.7 Å². The van der Waals surface area contributed by atoms with E-state index in [1.807, 2.05) is 30.5 Å². The van der Waals surface area contributed by atoms with Crippen molar-refractivity contribution < 1.29 is 4.42 Å². The summed E-state index contributed by atoms with van der Waals surface area (Å²) in [5.74, 6) is 1.79. The second-order valence-electron chi connectivity index (χ2n) is 7.86. The summed E-state index contributed by atoms with van der Waals surface area (Å²) in [6.07, 6.45) is 4.06. The van der Waals surface area contributed by atoms with E-state index in [-0.39, 0.29) is 24.0 Å². The number of para-hydroxylation sites is 1. The first-order chi connectivity index (χ1) is 14.7. The number of pyridine rings is 1. The lowest BCUT2D eigenvalue weighted by Gasteiger charge is -2.32. The maximum atomic E-state index is 6.01. The number of rotatable bonds is 6. The number of halogens is 1. The van der Waals surface area contributed by atoms with Gasteiger partial charge in [0, 0.05) is 49.4 Å². The first kappa shape index (κ1) is 23.5. The molecule has 2 N–H and O–H groups in total. The molecule has 3 aromatic rings. The smallest absolute Gasteiger partial charge is 0.191 e. The van der Waals surface area contributed by atoms with Crippen molar-refractivity contribution in [3.8, 4) is 0 Å². The minimum atomic E-state index is 0. The molecule has 2 aromatic heterocycles. The van der Waals surface area contributed by atoms with Gasteiger partial charge in [0.15, 0.2) is 5.96 Å². The number of guanidine groups is 1. The molecule has 0 unspecified atom stereocenters. The largest absolute Gasteiger partial charge is 0.459 e. The zero-order valence-corrected chi connectivity index (χ0v) is 20.6. The lowest BCUT2D eigenvalue weighted by Crippen LogP contribution is -2.48. The summed E-state index contributed by atoms with van der Waals surface area (Å²) in [4.78, 5) is 11.7. The van der Waals surface area contributed by atoms with Crippen LogP contribution in [-0.4, -0.2) is 41.5 Å². The number of piperidine rings is 1. The van der Waals surface area contributed by atoms with Gasteiger partial charge in [0.05, 0.1) is 5.69 Å². The summed E-state index contributed by atoms with van der Waals surface area (Å²) in [6, 6.07) is 14.7. The van der Waals surface area contributed by atoms with Crippen LogP contribution in [0.1, 0.15) is 36.8 Å². The van der Waals surface area contributed by atoms with E-state index in [0.717, 1.165) is 62.0 Å². The highest BCUT2D eigenvalue weighted by atomic mass is 127. The van der Waals surface area contributed by atoms with Crippen molar-refractivity contribution in [1.29, 1.82) is 0 Å². The number of aryl methyl sites for hydroxylation is 1. The molecule has 1 aromatic carbocycles. The third kappa shape index (κ3) is 6.20. The molecule has 166 valence electrons. The highest BCUT2D eigenvalue weighted by Gasteiger charge is 2.20. The van der Waals surface area contributed by atoms with Crippen molar-refractivity contribution in [3.05, 3.63) is 65.7 Å². The molecule has 31 heavy (non-hydrogen) atoms. The van der Waals surface area contributed by atoms with E-state index in [0.29, 0.717) is 12.6 Å². The highest BCUT2D eigenvalue weighted by Crippen LogP contribution is 2.25. The van der Waals surface area contributed by atoms with Crippen LogP contribution >= 0.6 is 24.0 Å². The van der Waals surface area contributed by atoms with Gasteiger partial charge in [-0.05, 0) is 44.9 Å². The van der Waals surface area contributed by atoms with Crippen LogP contribution in [0.5, 0.6) is 0 Å². The maximum absolute atomic E-state index is 6.01. The number of nitrogens with one attached hydrogen (secondary N) is 2. The van der Waals surface area contributed by atoms with Crippen molar-refractivity contribution in [2.75, 3.05) is 19.6 Å². The van der Waals surface area contributed by atoms with Gasteiger partial charge in [-0.25, -0.2) is 4.99 Å². The minimum Gasteiger partial charge on any atom is -0.459 e. The summed E-state index contributed by atoms with van der Waals surface area (Å²) < 4.78 is 6.01. The van der Waals surface area contributed by atoms with Crippen LogP contribution in [0, 0.1) is 6.92 Å². The molecule has 4 rings (SSSR count). The Bertz CT molecular complexity index is 980. The van der Waals surface area contributed by atoms with Gasteiger partial charge in [-0.15, -0.1) is 24.0 Å². The molecule has 0 amide bonds. The Morgan fingerprint density at radius 1 is 1.16 bits per heavy atom. The van der Waals surface area contributed by atoms with Crippen LogP contribution in [0.15, 0.2) is 58.1 Å². The van der Waals surface area contributed by atoms with Crippen LogP contribution < -0.4 is 10.6 Å². The lowest BCUT2D eigenvalue weighted by molar-refractivity contribution is 0.196. The van der Waals surface area contributed by atoms with Gasteiger partial charge in [0.2, 0.25) is 0 Å². The Morgan fingerprint density at radius 3 is 2.65 bits per heavy atom. The maximum Gasteiger partial charge on any atom is 0.191 e. The summed E-state index contributed by atoms with van der Waals surface area (Å²) in [6.45, 7) is 8.63. The average Bonchev–Trinajstić information content (AvgIpc) is 3.10. The average molecular weight is 533 g/mol. The van der Waals surface area contributed by atoms with Crippen molar-refractivity contribution in [2.45, 2.75) is 45.8 Å². The van der Waals surface area contributed by atoms with Crippen LogP contribution in [0.2, 0.25) is 0 Å². The quantitative estimate of drug-likeness (QED) is 0.278. The Hall–Kier alpha value is -2.13. The van der Waals surface area contributed by atoms with E-state index in [1.165, 1.54) is 10.9 Å². The van der Waals surface area contributed by atoms with Gasteiger partial charge in [0.1, 0.15) is 17.9 Å². The van der Waals surface area contributed by atoms with Gasteiger partial charge in [-0.1, -0.05) is 24.3 Å². The first-order valence-corrected chi connectivity index (χ1v) is 10.9. The molecule has 0 saturated carbocycles. The molecule has 0 spiro atoms. The fourth-order valence-electron chi connectivity index (χ4n) is 4.00. The lowest BCUT2D eigenvalue weighted by atomic mass is 10.0. The van der Waals surface area contributed by atoms with E-state index >= 15 is 0 Å². The molecular weight excluding hydrogens is 501 g/mol. The van der Waals surface area contributed by atoms with Crippen LogP contribution in [0.25, 0.3) is 11.0 Å². The molecule has 0 bridgehead atoms. The van der Waals surface area contributed by atoms with E-state index in [9.17, 15) is 0 Å². The number of aromatic nitrogens is 1. The fourth-order valence-corrected chi connectivity index (χ4v) is 4.00. The minimum absolute atomic E-state index is 0. The molecule has 6 nitrogen and oxygen atoms in total. The number of nitrogens with zero attached hydrogens (tertiary/aromatic N) is 3. The predicted octanol–water partition coefficient (Wildman–Crippen LogP) is 4.47. The van der Waals surface area contributed by atoms with Crippen molar-refractivity contribution in [3.63, 3.8) is 0 Å². The normalized spacial score (nSPS) is 15.6. The second kappa shape index (κ2) is 11.5. The Kier molecular flexibility index (Phi) is 8.71. The molecule has 1 saturated heterocycles. The van der Waals surface area contributed by atoms with E-state index < -0.39 is 0 Å². The Morgan fingerprint density at radius 2 is 1.94 bits per heavy atom. The number of fused-ring (bicyclic) bond motifs is 1. The zero-order valence-electron chi connectivity index (χ0n) is 18.3. The van der Waals surface area contributed by atoms with Crippen LogP contribution in [0.3, 0.4) is 0 Å². The van der Waals surface area contributed by atoms with Gasteiger partial charge < -0.3 is 15.1 Å². The summed E-state index contributed by atoms with van der Waals surface area (Å²) in [5, 5.41) is 8.17. The monoisotopic (exact) mass is 533 g/mol. The number of benzene rings is 1. The summed E-state index contributed by atoms with van der Waals surface area (Å²) in [5.41, 5.74) is 3.24. The third-order valence-corrected chi connectivity index (χ3v) is 5.71. The number of likely N-dealkylation sites (tertiary alicyclic amines) is 1. The molecule has 3 heterocycles. The van der Waals surface area contributed by atoms with Gasteiger partial charge in [-0.2, -0.15) is 0 Å². The summed E-state index contributed by atoms with van der Waals surface area (Å²) in [7, 11) is 0. The number of furan rings is 1. The van der Waals surface area contributed by atoms with E-state index in [4.69, 9.17) is 9.41 Å². The molecule has 1 fully saturated rings. The predicted molar refractivity (Wildman–Crippen MR) is 137 cm³/mol. The first-order valence-electron chi connectivity index (χ1n) is 10.9. The van der Waals surface area contributed by atoms with Crippen molar-refractivity contribution in [2.24, 2.45) is 4.99 Å². The molecule has 7 heteroatoms. The molecule has 0 atom stereocenters. The second-order valence-corrected chi connectivity index (χ2v) is 7.86. The summed E-state index contributed by atoms with van der Waals surface area (Å²) >= 11 is 0. The molecule has 0 radical (unpaired) electrons. The fraction of sp³-hybridized carbons (Fsp3) is 0.417. The van der Waals surface area contributed by atoms with Crippen LogP contribution in [0.4, 0.5) is 0 Å². The van der Waals surface area contributed by atoms with E-state index in [1.54, 1.807) is 0 Å². The van der Waals surface area contributed by atoms with Crippen molar-refractivity contribution >= 4 is 40.9 Å². The van der Waals surface area contributed by atoms with Gasteiger partial charge >= 0.3 is 0 Å². The molecule has 0 aliphatic carbocycles. The Labute approximate surface area is 201 Å². The SMILES string of the molecule is CCNC(=NCc1oc2ccccc2c1C)NC1CCN(Cc2ccccn2)CC1.I. The van der Waals surface area contributed by atoms with Crippen molar-refractivity contribution in [1.82, 2.24) is 20.5 Å². The van der Waals surface area contributed by atoms with Gasteiger partial charge in [0.25, 0.3) is 0 Å². The molecule has 1 aliphatic rings. The van der Waals surface area contributed by atoms with E-state index in [2.05, 4.69) is 52.6 Å². The third-order valence-electron chi connectivity index (χ3n) is 5.71. The van der Waals surface area contributed by atoms with Gasteiger partial charge in [-0.3, -0.25) is 9.88 Å². The number of hydrogen-bond donors (Lipinski definition) is 2. The molecule has 1 aliphatic heterocycles. The number of aliphatic imine (C=N–C) groups is 1. The zero-order chi connectivity index (χ0) is 20.8. The standard InChI is InChI=1S/C24H31N5O.HI/c1-3-25-24(27-16-23-18(2)21-9-4-5-10-22(21)30-23)28-19-11-14-29(15-12-19)17-20-8-6-7-13-26-20;/h4-10,13,19H,3,11-12,14-17H2,1-2H3,(H2,25,27,28);1H. The highest BCUT2D eigenvalue weighted by molar-refractivity contribution is 14.0.